The third kappa shape index (κ3) is 5.90. The normalized spacial score (nSPS) is 20.0. The average molecular weight is 539 g/mol. The van der Waals surface area contributed by atoms with E-state index in [9.17, 15) is 19.2 Å². The number of anilines is 1. The van der Waals surface area contributed by atoms with Crippen LogP contribution < -0.4 is 11.1 Å². The van der Waals surface area contributed by atoms with E-state index >= 15 is 0 Å². The van der Waals surface area contributed by atoms with Gasteiger partial charge in [0.25, 0.3) is 11.8 Å². The molecule has 0 saturated carbocycles. The molecule has 0 aromatic carbocycles. The number of fused-ring (bicyclic) bond motifs is 1. The minimum atomic E-state index is -0.843. The van der Waals surface area contributed by atoms with E-state index in [4.69, 9.17) is 19.9 Å². The van der Waals surface area contributed by atoms with Gasteiger partial charge in [0.1, 0.15) is 17.1 Å². The molecule has 0 spiro atoms. The first kappa shape index (κ1) is 27.7. The molecule has 196 valence electrons. The molecule has 36 heavy (non-hydrogen) atoms. The van der Waals surface area contributed by atoms with Crippen LogP contribution in [0.15, 0.2) is 22.7 Å². The van der Waals surface area contributed by atoms with Crippen molar-refractivity contribution in [2.75, 3.05) is 32.0 Å². The maximum Gasteiger partial charge on any atom is 0.358 e. The van der Waals surface area contributed by atoms with Gasteiger partial charge in [-0.25, -0.2) is 9.78 Å². The topological polar surface area (TPSA) is 150 Å². The van der Waals surface area contributed by atoms with Crippen molar-refractivity contribution in [2.45, 2.75) is 45.5 Å². The number of β-lactam (4-membered cyclic amide) rings is 1. The van der Waals surface area contributed by atoms with Crippen molar-refractivity contribution in [3.63, 3.8) is 0 Å². The molecular formula is C23H30N4O7S2. The van der Waals surface area contributed by atoms with E-state index in [1.807, 2.05) is 6.92 Å². The molecule has 0 unspecified atom stereocenters. The lowest BCUT2D eigenvalue weighted by molar-refractivity contribution is -0.173. The average Bonchev–Trinajstić information content (AvgIpc) is 3.25. The molecule has 13 heteroatoms. The van der Waals surface area contributed by atoms with Crippen LogP contribution in [0.4, 0.5) is 5.13 Å². The summed E-state index contributed by atoms with van der Waals surface area (Å²) in [4.78, 5) is 56.5. The Morgan fingerprint density at radius 3 is 2.61 bits per heavy atom. The zero-order chi connectivity index (χ0) is 26.6. The highest BCUT2D eigenvalue weighted by atomic mass is 32.2. The number of nitrogen functional groups attached to an aromatic ring is 1. The number of carbonyl (C=O) groups is 4. The van der Waals surface area contributed by atoms with E-state index in [2.05, 4.69) is 10.3 Å². The number of nitrogens with two attached hydrogens (primary N) is 1. The van der Waals surface area contributed by atoms with Gasteiger partial charge < -0.3 is 25.3 Å². The molecular weight excluding hydrogens is 508 g/mol. The molecule has 2 aliphatic rings. The van der Waals surface area contributed by atoms with Crippen LogP contribution in [-0.2, 0) is 33.4 Å². The summed E-state index contributed by atoms with van der Waals surface area (Å²) in [5.41, 5.74) is 6.33. The second-order valence-corrected chi connectivity index (χ2v) is 11.1. The van der Waals surface area contributed by atoms with Crippen LogP contribution in [-0.4, -0.2) is 71.3 Å². The Hall–Kier alpha value is -2.90. The minimum absolute atomic E-state index is 0.0412. The lowest BCUT2D eigenvalue weighted by atomic mass is 9.98. The van der Waals surface area contributed by atoms with Crippen LogP contribution in [0.5, 0.6) is 0 Å². The molecule has 11 nitrogen and oxygen atoms in total. The number of aromatic nitrogens is 1. The number of methoxy groups -OCH3 is 1. The Bertz CT molecular complexity index is 1110. The van der Waals surface area contributed by atoms with Crippen molar-refractivity contribution in [2.24, 2.45) is 5.41 Å². The molecule has 1 fully saturated rings. The van der Waals surface area contributed by atoms with Crippen LogP contribution >= 0.6 is 23.1 Å². The summed E-state index contributed by atoms with van der Waals surface area (Å²) in [5, 5.41) is 4.27. The number of rotatable bonds is 9. The number of hydrogen-bond donors (Lipinski definition) is 2. The van der Waals surface area contributed by atoms with E-state index in [1.165, 1.54) is 35.1 Å². The summed E-state index contributed by atoms with van der Waals surface area (Å²) in [6.45, 7) is 6.45. The zero-order valence-electron chi connectivity index (χ0n) is 20.8. The Morgan fingerprint density at radius 1 is 1.31 bits per heavy atom. The second kappa shape index (κ2) is 11.4. The molecule has 2 aliphatic heterocycles. The summed E-state index contributed by atoms with van der Waals surface area (Å²) in [6, 6.07) is -0.843. The van der Waals surface area contributed by atoms with Crippen molar-refractivity contribution >= 4 is 57.6 Å². The first-order valence-corrected chi connectivity index (χ1v) is 13.1. The van der Waals surface area contributed by atoms with Gasteiger partial charge in [-0.05, 0) is 32.8 Å². The lowest BCUT2D eigenvalue weighted by Crippen LogP contribution is -2.70. The molecule has 3 heterocycles. The number of nitrogens with zero attached hydrogens (tertiary/aromatic N) is 2. The second-order valence-electron chi connectivity index (χ2n) is 9.07. The summed E-state index contributed by atoms with van der Waals surface area (Å²) in [7, 11) is 1.48. The van der Waals surface area contributed by atoms with Crippen LogP contribution in [0.25, 0.3) is 5.57 Å². The van der Waals surface area contributed by atoms with Crippen molar-refractivity contribution in [1.29, 1.82) is 0 Å². The van der Waals surface area contributed by atoms with E-state index < -0.39 is 47.4 Å². The number of thioether (sulfide) groups is 1. The Morgan fingerprint density at radius 2 is 2.03 bits per heavy atom. The minimum Gasteiger partial charge on any atom is -0.427 e. The number of thiazole rings is 1. The fourth-order valence-electron chi connectivity index (χ4n) is 3.53. The van der Waals surface area contributed by atoms with Crippen LogP contribution in [0.1, 0.15) is 39.8 Å². The molecule has 2 amide bonds. The van der Waals surface area contributed by atoms with Gasteiger partial charge in [0, 0.05) is 18.2 Å². The number of amides is 2. The molecule has 0 radical (unpaired) electrons. The number of esters is 2. The molecule has 3 rings (SSSR count). The molecule has 1 aromatic rings. The monoisotopic (exact) mass is 538 g/mol. The fraction of sp³-hybridized carbons (Fsp3) is 0.522. The van der Waals surface area contributed by atoms with E-state index in [1.54, 1.807) is 32.2 Å². The Kier molecular flexibility index (Phi) is 8.80. The van der Waals surface area contributed by atoms with Gasteiger partial charge in [0.2, 0.25) is 6.79 Å². The third-order valence-corrected chi connectivity index (χ3v) is 7.30. The van der Waals surface area contributed by atoms with Gasteiger partial charge in [0.05, 0.1) is 23.3 Å². The van der Waals surface area contributed by atoms with E-state index in [0.29, 0.717) is 34.1 Å². The first-order valence-electron chi connectivity index (χ1n) is 11.2. The summed E-state index contributed by atoms with van der Waals surface area (Å²) < 4.78 is 15.4. The third-order valence-electron chi connectivity index (χ3n) is 5.29. The highest BCUT2D eigenvalue weighted by Gasteiger charge is 2.54. The van der Waals surface area contributed by atoms with Gasteiger partial charge in [0.15, 0.2) is 5.13 Å². The highest BCUT2D eigenvalue weighted by molar-refractivity contribution is 8.00. The number of carbonyl (C=O) groups excluding carboxylic acids is 4. The molecule has 2 atom stereocenters. The molecule has 3 N–H and O–H groups in total. The van der Waals surface area contributed by atoms with Gasteiger partial charge in [-0.15, -0.1) is 23.1 Å². The number of ether oxygens (including phenoxy) is 3. The lowest BCUT2D eigenvalue weighted by Gasteiger charge is -2.49. The van der Waals surface area contributed by atoms with Crippen LogP contribution in [0.3, 0.4) is 0 Å². The molecule has 1 saturated heterocycles. The van der Waals surface area contributed by atoms with Gasteiger partial charge in [-0.3, -0.25) is 19.3 Å². The number of hydrogen-bond acceptors (Lipinski definition) is 11. The maximum atomic E-state index is 13.1. The summed E-state index contributed by atoms with van der Waals surface area (Å²) in [6.07, 6.45) is 2.30. The van der Waals surface area contributed by atoms with Crippen molar-refractivity contribution in [3.8, 4) is 0 Å². The number of allylic oxidation sites excluding steroid dienone is 1. The molecule has 0 aliphatic carbocycles. The molecule has 0 bridgehead atoms. The summed E-state index contributed by atoms with van der Waals surface area (Å²) in [5.74, 6) is -1.86. The largest absolute Gasteiger partial charge is 0.427 e. The Balaban J connectivity index is 1.73. The standard InChI is InChI=1S/C23H30N4O7S2/c1-6-7-13(14-10-36-22(24)25-14)17(28)26-15-18(29)27-16(12(8-32-5)9-35-19(15)27)20(30)33-11-34-21(31)23(2,3)4/h7,10,15,19H,6,8-9,11H2,1-5H3,(H2,24,25)(H,26,28)/b13-7+/t15-,19-/m1/s1. The Labute approximate surface area is 217 Å². The predicted molar refractivity (Wildman–Crippen MR) is 135 cm³/mol. The SMILES string of the molecule is CC/C=C(/C(=O)N[C@@H]1C(=O)N2C(C(=O)OCOC(=O)C(C)(C)C)=C(COC)CS[C@H]12)c1csc(N)n1. The highest BCUT2D eigenvalue weighted by Crippen LogP contribution is 2.41. The van der Waals surface area contributed by atoms with Crippen molar-refractivity contribution < 1.29 is 33.4 Å². The van der Waals surface area contributed by atoms with Crippen molar-refractivity contribution in [1.82, 2.24) is 15.2 Å². The smallest absolute Gasteiger partial charge is 0.358 e. The van der Waals surface area contributed by atoms with Gasteiger partial charge >= 0.3 is 11.9 Å². The summed E-state index contributed by atoms with van der Waals surface area (Å²) >= 11 is 2.62. The first-order chi connectivity index (χ1) is 17.0. The maximum absolute atomic E-state index is 13.1. The zero-order valence-corrected chi connectivity index (χ0v) is 22.4. The quantitative estimate of drug-likeness (QED) is 0.206. The van der Waals surface area contributed by atoms with Crippen LogP contribution in [0, 0.1) is 5.41 Å². The van der Waals surface area contributed by atoms with Crippen molar-refractivity contribution in [3.05, 3.63) is 28.4 Å². The van der Waals surface area contributed by atoms with E-state index in [-0.39, 0.29) is 12.3 Å². The number of nitrogens with one attached hydrogen (secondary N) is 1. The predicted octanol–water partition coefficient (Wildman–Crippen LogP) is 1.91. The van der Waals surface area contributed by atoms with Crippen LogP contribution in [0.2, 0.25) is 0 Å². The molecule has 1 aromatic heterocycles. The van der Waals surface area contributed by atoms with E-state index in [0.717, 1.165) is 0 Å². The van der Waals surface area contributed by atoms with Gasteiger partial charge in [-0.2, -0.15) is 0 Å². The van der Waals surface area contributed by atoms with Gasteiger partial charge in [-0.1, -0.05) is 13.0 Å². The fourth-order valence-corrected chi connectivity index (χ4v) is 5.42.